The number of carboxylic acid groups (broad SMARTS) is 1. The summed E-state index contributed by atoms with van der Waals surface area (Å²) in [6, 6.07) is 1.48. The van der Waals surface area contributed by atoms with Crippen LogP contribution >= 0.6 is 0 Å². The summed E-state index contributed by atoms with van der Waals surface area (Å²) in [6.45, 7) is 1.30. The molecule has 0 aromatic carbocycles. The average molecular weight is 199 g/mol. The minimum absolute atomic E-state index is 0.144. The van der Waals surface area contributed by atoms with Crippen LogP contribution in [0.25, 0.3) is 0 Å². The molecule has 1 aromatic rings. The number of rotatable bonds is 6. The first kappa shape index (κ1) is 10.7. The minimum atomic E-state index is -0.990. The molecule has 3 N–H and O–H groups in total. The molecule has 1 heterocycles. The fraction of sp³-hybridized carbons (Fsp3) is 0.444. The van der Waals surface area contributed by atoms with Crippen molar-refractivity contribution in [3.8, 4) is 0 Å². The van der Waals surface area contributed by atoms with Crippen LogP contribution < -0.4 is 5.32 Å². The number of nitrogens with one attached hydrogen (secondary N) is 1. The first-order valence-electron chi connectivity index (χ1n) is 4.36. The van der Waals surface area contributed by atoms with Crippen molar-refractivity contribution in [2.24, 2.45) is 0 Å². The van der Waals surface area contributed by atoms with Crippen molar-refractivity contribution in [1.29, 1.82) is 0 Å². The largest absolute Gasteiger partial charge is 0.478 e. The fourth-order valence-corrected chi connectivity index (χ4v) is 1.00. The quantitative estimate of drug-likeness (QED) is 0.579. The summed E-state index contributed by atoms with van der Waals surface area (Å²) in [7, 11) is 0. The molecule has 5 nitrogen and oxygen atoms in total. The van der Waals surface area contributed by atoms with Crippen LogP contribution in [0.1, 0.15) is 22.5 Å². The van der Waals surface area contributed by atoms with E-state index < -0.39 is 5.97 Å². The van der Waals surface area contributed by atoms with Gasteiger partial charge in [-0.1, -0.05) is 0 Å². The van der Waals surface area contributed by atoms with E-state index in [1.54, 1.807) is 0 Å². The lowest BCUT2D eigenvalue weighted by atomic mass is 10.3. The highest BCUT2D eigenvalue weighted by molar-refractivity contribution is 5.87. The topological polar surface area (TPSA) is 82.7 Å². The number of hydrogen-bond donors (Lipinski definition) is 3. The van der Waals surface area contributed by atoms with Crippen molar-refractivity contribution < 1.29 is 19.4 Å². The predicted octanol–water partition coefficient (Wildman–Crippen LogP) is 0.450. The van der Waals surface area contributed by atoms with Crippen LogP contribution in [-0.2, 0) is 6.54 Å². The molecular weight excluding hydrogens is 186 g/mol. The van der Waals surface area contributed by atoms with Gasteiger partial charge in [-0.25, -0.2) is 4.79 Å². The number of aromatic carboxylic acids is 1. The monoisotopic (exact) mass is 199 g/mol. The van der Waals surface area contributed by atoms with Crippen molar-refractivity contribution in [3.05, 3.63) is 23.7 Å². The standard InChI is InChI=1S/C9H13NO4/c11-3-1-2-10-5-8-4-7(6-14-8)9(12)13/h4,6,10-11H,1-3,5H2,(H,12,13). The second-order valence-electron chi connectivity index (χ2n) is 2.86. The van der Waals surface area contributed by atoms with Gasteiger partial charge in [0, 0.05) is 6.61 Å². The van der Waals surface area contributed by atoms with Gasteiger partial charge in [-0.3, -0.25) is 0 Å². The minimum Gasteiger partial charge on any atom is -0.478 e. The second kappa shape index (κ2) is 5.41. The summed E-state index contributed by atoms with van der Waals surface area (Å²) in [4.78, 5) is 10.5. The molecule has 0 unspecified atom stereocenters. The van der Waals surface area contributed by atoms with Crippen LogP contribution in [-0.4, -0.2) is 29.3 Å². The van der Waals surface area contributed by atoms with Crippen molar-refractivity contribution >= 4 is 5.97 Å². The Labute approximate surface area is 81.4 Å². The number of aliphatic hydroxyl groups excluding tert-OH is 1. The summed E-state index contributed by atoms with van der Waals surface area (Å²) < 4.78 is 5.00. The summed E-state index contributed by atoms with van der Waals surface area (Å²) >= 11 is 0. The molecule has 0 amide bonds. The molecular formula is C9H13NO4. The maximum absolute atomic E-state index is 10.5. The second-order valence-corrected chi connectivity index (χ2v) is 2.86. The van der Waals surface area contributed by atoms with Gasteiger partial charge in [0.25, 0.3) is 0 Å². The Morgan fingerprint density at radius 1 is 1.57 bits per heavy atom. The van der Waals surface area contributed by atoms with E-state index >= 15 is 0 Å². The highest BCUT2D eigenvalue weighted by atomic mass is 16.4. The van der Waals surface area contributed by atoms with E-state index in [1.165, 1.54) is 12.3 Å². The molecule has 0 aliphatic carbocycles. The van der Waals surface area contributed by atoms with E-state index in [2.05, 4.69) is 5.32 Å². The molecule has 0 fully saturated rings. The summed E-state index contributed by atoms with van der Waals surface area (Å²) in [5.41, 5.74) is 0.156. The van der Waals surface area contributed by atoms with Crippen LogP contribution in [0.15, 0.2) is 16.7 Å². The fourth-order valence-electron chi connectivity index (χ4n) is 1.00. The highest BCUT2D eigenvalue weighted by Crippen LogP contribution is 2.07. The molecule has 5 heteroatoms. The zero-order valence-electron chi connectivity index (χ0n) is 7.69. The third-order valence-corrected chi connectivity index (χ3v) is 1.71. The number of furan rings is 1. The Balaban J connectivity index is 2.33. The average Bonchev–Trinajstić information content (AvgIpc) is 2.61. The van der Waals surface area contributed by atoms with E-state index in [1.807, 2.05) is 0 Å². The van der Waals surface area contributed by atoms with E-state index in [9.17, 15) is 4.79 Å². The Hall–Kier alpha value is -1.33. The first-order chi connectivity index (χ1) is 6.74. The lowest BCUT2D eigenvalue weighted by Gasteiger charge is -1.99. The third kappa shape index (κ3) is 3.20. The lowest BCUT2D eigenvalue weighted by Crippen LogP contribution is -2.15. The van der Waals surface area contributed by atoms with Gasteiger partial charge in [0.2, 0.25) is 0 Å². The Morgan fingerprint density at radius 2 is 2.36 bits per heavy atom. The molecule has 78 valence electrons. The number of aliphatic hydroxyl groups is 1. The Bertz CT molecular complexity index is 295. The van der Waals surface area contributed by atoms with E-state index in [4.69, 9.17) is 14.6 Å². The molecule has 0 radical (unpaired) electrons. The number of carbonyl (C=O) groups is 1. The number of carboxylic acids is 1. The van der Waals surface area contributed by atoms with Crippen LogP contribution in [0.4, 0.5) is 0 Å². The molecule has 0 spiro atoms. The molecule has 1 aromatic heterocycles. The van der Waals surface area contributed by atoms with E-state index in [0.29, 0.717) is 25.3 Å². The van der Waals surface area contributed by atoms with E-state index in [0.717, 1.165) is 0 Å². The van der Waals surface area contributed by atoms with Gasteiger partial charge in [-0.05, 0) is 19.0 Å². The first-order valence-corrected chi connectivity index (χ1v) is 4.36. The van der Waals surface area contributed by atoms with Gasteiger partial charge in [0.1, 0.15) is 12.0 Å². The summed E-state index contributed by atoms with van der Waals surface area (Å²) in [5, 5.41) is 20.1. The lowest BCUT2D eigenvalue weighted by molar-refractivity contribution is 0.0696. The molecule has 1 rings (SSSR count). The van der Waals surface area contributed by atoms with Crippen LogP contribution in [0.5, 0.6) is 0 Å². The molecule has 0 aliphatic heterocycles. The predicted molar refractivity (Wildman–Crippen MR) is 49.1 cm³/mol. The molecule has 0 saturated carbocycles. The summed E-state index contributed by atoms with van der Waals surface area (Å²) in [6.07, 6.45) is 1.89. The van der Waals surface area contributed by atoms with Gasteiger partial charge < -0.3 is 19.9 Å². The van der Waals surface area contributed by atoms with E-state index in [-0.39, 0.29) is 12.2 Å². The summed E-state index contributed by atoms with van der Waals surface area (Å²) in [5.74, 6) is -0.407. The van der Waals surface area contributed by atoms with Crippen molar-refractivity contribution in [2.45, 2.75) is 13.0 Å². The van der Waals surface area contributed by atoms with Gasteiger partial charge in [0.05, 0.1) is 12.1 Å². The SMILES string of the molecule is O=C(O)c1coc(CNCCCO)c1. The van der Waals surface area contributed by atoms with Gasteiger partial charge in [-0.15, -0.1) is 0 Å². The molecule has 0 bridgehead atoms. The Morgan fingerprint density at radius 3 is 2.93 bits per heavy atom. The van der Waals surface area contributed by atoms with Crippen molar-refractivity contribution in [2.75, 3.05) is 13.2 Å². The molecule has 0 saturated heterocycles. The van der Waals surface area contributed by atoms with Crippen LogP contribution in [0.2, 0.25) is 0 Å². The van der Waals surface area contributed by atoms with Gasteiger partial charge in [0.15, 0.2) is 0 Å². The zero-order valence-corrected chi connectivity index (χ0v) is 7.69. The van der Waals surface area contributed by atoms with Crippen LogP contribution in [0, 0.1) is 0 Å². The van der Waals surface area contributed by atoms with Crippen molar-refractivity contribution in [3.63, 3.8) is 0 Å². The maximum atomic E-state index is 10.5. The maximum Gasteiger partial charge on any atom is 0.338 e. The normalized spacial score (nSPS) is 10.4. The zero-order chi connectivity index (χ0) is 10.4. The Kier molecular flexibility index (Phi) is 4.15. The third-order valence-electron chi connectivity index (χ3n) is 1.71. The van der Waals surface area contributed by atoms with Gasteiger partial charge in [-0.2, -0.15) is 0 Å². The molecule has 0 aliphatic rings. The van der Waals surface area contributed by atoms with Crippen molar-refractivity contribution in [1.82, 2.24) is 5.32 Å². The molecule has 14 heavy (non-hydrogen) atoms. The van der Waals surface area contributed by atoms with Crippen LogP contribution in [0.3, 0.4) is 0 Å². The molecule has 0 atom stereocenters. The highest BCUT2D eigenvalue weighted by Gasteiger charge is 2.07. The smallest absolute Gasteiger partial charge is 0.338 e. The van der Waals surface area contributed by atoms with Gasteiger partial charge >= 0.3 is 5.97 Å². The number of hydrogen-bond acceptors (Lipinski definition) is 4.